The van der Waals surface area contributed by atoms with E-state index in [9.17, 15) is 9.18 Å². The molecule has 0 bridgehead atoms. The van der Waals surface area contributed by atoms with E-state index in [1.807, 2.05) is 69.3 Å². The molecule has 0 aliphatic heterocycles. The average molecular weight is 474 g/mol. The molecule has 8 heteroatoms. The number of carbonyl (C=O) groups excluding carboxylic acids is 1. The van der Waals surface area contributed by atoms with Crippen molar-refractivity contribution in [2.45, 2.75) is 26.4 Å². The highest BCUT2D eigenvalue weighted by Crippen LogP contribution is 2.31. The second kappa shape index (κ2) is 11.9. The number of halogens is 1. The second-order valence-electron chi connectivity index (χ2n) is 8.66. The standard InChI is InChI=1S/C26H32FNO6/c1-26(2,3)34-25(29)28(4)21-7-5-19(6-8-21)24-18-20-17-22(9-10-23(20)33-24)32-16-15-31-14-13-30-12-11-27/h5-10,17-18H,11-16H2,1-4H3. The number of rotatable bonds is 11. The van der Waals surface area contributed by atoms with Crippen LogP contribution >= 0.6 is 0 Å². The highest BCUT2D eigenvalue weighted by Gasteiger charge is 2.20. The minimum absolute atomic E-state index is 0.0971. The minimum atomic E-state index is -0.555. The van der Waals surface area contributed by atoms with Crippen molar-refractivity contribution in [2.24, 2.45) is 0 Å². The number of hydrogen-bond acceptors (Lipinski definition) is 6. The van der Waals surface area contributed by atoms with Crippen LogP contribution in [-0.2, 0) is 14.2 Å². The third-order valence-corrected chi connectivity index (χ3v) is 4.78. The summed E-state index contributed by atoms with van der Waals surface area (Å²) >= 11 is 0. The Labute approximate surface area is 199 Å². The second-order valence-corrected chi connectivity index (χ2v) is 8.66. The maximum Gasteiger partial charge on any atom is 0.414 e. The summed E-state index contributed by atoms with van der Waals surface area (Å²) in [6, 6.07) is 15.1. The molecular formula is C26H32FNO6. The number of alkyl halides is 1. The molecule has 0 saturated heterocycles. The van der Waals surface area contributed by atoms with E-state index < -0.39 is 18.4 Å². The van der Waals surface area contributed by atoms with Crippen LogP contribution in [0.5, 0.6) is 5.75 Å². The Morgan fingerprint density at radius 2 is 1.62 bits per heavy atom. The number of carbonyl (C=O) groups is 1. The van der Waals surface area contributed by atoms with E-state index in [1.54, 1.807) is 7.05 Å². The van der Waals surface area contributed by atoms with E-state index in [0.29, 0.717) is 32.2 Å². The lowest BCUT2D eigenvalue weighted by atomic mass is 10.1. The van der Waals surface area contributed by atoms with Crippen LogP contribution < -0.4 is 9.64 Å². The molecule has 3 aromatic rings. The summed E-state index contributed by atoms with van der Waals surface area (Å²) in [6.07, 6.45) is -0.410. The third-order valence-electron chi connectivity index (χ3n) is 4.78. The molecule has 3 rings (SSSR count). The Morgan fingerprint density at radius 3 is 2.29 bits per heavy atom. The van der Waals surface area contributed by atoms with Gasteiger partial charge < -0.3 is 23.4 Å². The van der Waals surface area contributed by atoms with Crippen molar-refractivity contribution in [3.63, 3.8) is 0 Å². The summed E-state index contributed by atoms with van der Waals surface area (Å²) in [5.41, 5.74) is 1.81. The van der Waals surface area contributed by atoms with Crippen LogP contribution in [0.1, 0.15) is 20.8 Å². The minimum Gasteiger partial charge on any atom is -0.491 e. The number of hydrogen-bond donors (Lipinski definition) is 0. The lowest BCUT2D eigenvalue weighted by molar-refractivity contribution is 0.0325. The smallest absolute Gasteiger partial charge is 0.414 e. The van der Waals surface area contributed by atoms with E-state index in [1.165, 1.54) is 4.90 Å². The quantitative estimate of drug-likeness (QED) is 0.325. The van der Waals surface area contributed by atoms with E-state index in [0.717, 1.165) is 28.0 Å². The van der Waals surface area contributed by atoms with Crippen LogP contribution in [0.4, 0.5) is 14.9 Å². The first kappa shape index (κ1) is 25.5. The summed E-state index contributed by atoms with van der Waals surface area (Å²) in [7, 11) is 1.68. The summed E-state index contributed by atoms with van der Waals surface area (Å²) in [5, 5.41) is 0.919. The lowest BCUT2D eigenvalue weighted by Crippen LogP contribution is -2.34. The molecule has 34 heavy (non-hydrogen) atoms. The van der Waals surface area contributed by atoms with Crippen LogP contribution in [0.2, 0.25) is 0 Å². The molecule has 0 saturated carbocycles. The van der Waals surface area contributed by atoms with Crippen LogP contribution in [0.3, 0.4) is 0 Å². The number of benzene rings is 2. The molecule has 184 valence electrons. The molecule has 0 N–H and O–H groups in total. The van der Waals surface area contributed by atoms with Crippen molar-refractivity contribution >= 4 is 22.7 Å². The van der Waals surface area contributed by atoms with Crippen molar-refractivity contribution in [1.82, 2.24) is 0 Å². The topological polar surface area (TPSA) is 70.4 Å². The van der Waals surface area contributed by atoms with Gasteiger partial charge in [-0.25, -0.2) is 9.18 Å². The highest BCUT2D eigenvalue weighted by molar-refractivity contribution is 5.88. The Morgan fingerprint density at radius 1 is 0.941 bits per heavy atom. The summed E-state index contributed by atoms with van der Waals surface area (Å²) in [6.45, 7) is 6.69. The summed E-state index contributed by atoms with van der Waals surface area (Å²) in [5.74, 6) is 1.43. The van der Waals surface area contributed by atoms with E-state index in [4.69, 9.17) is 23.4 Å². The predicted octanol–water partition coefficient (Wildman–Crippen LogP) is 5.85. The molecule has 0 aliphatic carbocycles. The Kier molecular flexibility index (Phi) is 8.90. The molecule has 7 nitrogen and oxygen atoms in total. The van der Waals surface area contributed by atoms with Gasteiger partial charge in [0.05, 0.1) is 26.4 Å². The summed E-state index contributed by atoms with van der Waals surface area (Å²) in [4.78, 5) is 13.7. The first-order valence-electron chi connectivity index (χ1n) is 11.2. The van der Waals surface area contributed by atoms with Gasteiger partial charge in [-0.2, -0.15) is 0 Å². The molecule has 1 aromatic heterocycles. The zero-order chi connectivity index (χ0) is 24.6. The van der Waals surface area contributed by atoms with Crippen molar-refractivity contribution in [2.75, 3.05) is 51.7 Å². The van der Waals surface area contributed by atoms with E-state index in [2.05, 4.69) is 0 Å². The fourth-order valence-electron chi connectivity index (χ4n) is 3.13. The van der Waals surface area contributed by atoms with Crippen LogP contribution in [0.25, 0.3) is 22.3 Å². The van der Waals surface area contributed by atoms with Crippen molar-refractivity contribution in [3.05, 3.63) is 48.5 Å². The zero-order valence-corrected chi connectivity index (χ0v) is 20.1. The first-order chi connectivity index (χ1) is 16.3. The molecule has 0 aliphatic rings. The fraction of sp³-hybridized carbons (Fsp3) is 0.423. The van der Waals surface area contributed by atoms with Gasteiger partial charge in [0.1, 0.15) is 36.0 Å². The van der Waals surface area contributed by atoms with Crippen LogP contribution in [-0.4, -0.2) is 58.5 Å². The zero-order valence-electron chi connectivity index (χ0n) is 20.1. The molecule has 0 fully saturated rings. The molecule has 2 aromatic carbocycles. The number of ether oxygens (including phenoxy) is 4. The lowest BCUT2D eigenvalue weighted by Gasteiger charge is -2.24. The maximum absolute atomic E-state index is 12.3. The Bertz CT molecular complexity index is 1060. The average Bonchev–Trinajstić information content (AvgIpc) is 3.23. The fourth-order valence-corrected chi connectivity index (χ4v) is 3.13. The number of amides is 1. The molecule has 1 heterocycles. The van der Waals surface area contributed by atoms with Gasteiger partial charge in [-0.05, 0) is 69.3 Å². The predicted molar refractivity (Wildman–Crippen MR) is 129 cm³/mol. The largest absolute Gasteiger partial charge is 0.491 e. The number of fused-ring (bicyclic) bond motifs is 1. The SMILES string of the molecule is CN(C(=O)OC(C)(C)C)c1ccc(-c2cc3cc(OCCOCCOCCF)ccc3o2)cc1. The van der Waals surface area contributed by atoms with Crippen molar-refractivity contribution in [1.29, 1.82) is 0 Å². The van der Waals surface area contributed by atoms with Gasteiger partial charge in [0.15, 0.2) is 0 Å². The number of nitrogens with zero attached hydrogens (tertiary/aromatic N) is 1. The molecular weight excluding hydrogens is 441 g/mol. The van der Waals surface area contributed by atoms with Gasteiger partial charge in [-0.15, -0.1) is 0 Å². The molecule has 0 atom stereocenters. The van der Waals surface area contributed by atoms with Crippen molar-refractivity contribution in [3.8, 4) is 17.1 Å². The molecule has 0 radical (unpaired) electrons. The molecule has 1 amide bonds. The molecule has 0 spiro atoms. The van der Waals surface area contributed by atoms with Gasteiger partial charge >= 0.3 is 6.09 Å². The van der Waals surface area contributed by atoms with E-state index >= 15 is 0 Å². The van der Waals surface area contributed by atoms with Gasteiger partial charge in [-0.1, -0.05) is 0 Å². The van der Waals surface area contributed by atoms with Gasteiger partial charge in [0, 0.05) is 23.7 Å². The number of anilines is 1. The van der Waals surface area contributed by atoms with Gasteiger partial charge in [0.25, 0.3) is 0 Å². The Balaban J connectivity index is 1.56. The van der Waals surface area contributed by atoms with Crippen molar-refractivity contribution < 1.29 is 32.5 Å². The van der Waals surface area contributed by atoms with Crippen LogP contribution in [0, 0.1) is 0 Å². The highest BCUT2D eigenvalue weighted by atomic mass is 19.1. The monoisotopic (exact) mass is 473 g/mol. The van der Waals surface area contributed by atoms with Crippen LogP contribution in [0.15, 0.2) is 52.9 Å². The number of furan rings is 1. The Hall–Kier alpha value is -3.10. The maximum atomic E-state index is 12.3. The van der Waals surface area contributed by atoms with Gasteiger partial charge in [0.2, 0.25) is 0 Å². The summed E-state index contributed by atoms with van der Waals surface area (Å²) < 4.78 is 39.5. The molecule has 0 unspecified atom stereocenters. The first-order valence-corrected chi connectivity index (χ1v) is 11.2. The van der Waals surface area contributed by atoms with E-state index in [-0.39, 0.29) is 6.61 Å². The third kappa shape index (κ3) is 7.46. The normalized spacial score (nSPS) is 11.6. The van der Waals surface area contributed by atoms with Gasteiger partial charge in [-0.3, -0.25) is 4.90 Å².